The third kappa shape index (κ3) is 8.34. The van der Waals surface area contributed by atoms with Gasteiger partial charge in [0.05, 0.1) is 17.8 Å². The fourth-order valence-corrected chi connectivity index (χ4v) is 4.86. The number of hydrogen-bond donors (Lipinski definition) is 0. The zero-order valence-electron chi connectivity index (χ0n) is 28.9. The molecule has 0 heterocycles. The average molecular weight is 697 g/mol. The normalized spacial score (nSPS) is 29.3. The van der Waals surface area contributed by atoms with Crippen molar-refractivity contribution in [3.63, 3.8) is 0 Å². The van der Waals surface area contributed by atoms with Gasteiger partial charge in [-0.3, -0.25) is 38.4 Å². The summed E-state index contributed by atoms with van der Waals surface area (Å²) in [4.78, 5) is 96.9. The first-order chi connectivity index (χ1) is 22.8. The summed E-state index contributed by atoms with van der Waals surface area (Å²) >= 11 is 0. The molecule has 0 amide bonds. The molecule has 1 fully saturated rings. The van der Waals surface area contributed by atoms with E-state index in [1.54, 1.807) is 6.92 Å². The maximum absolute atomic E-state index is 11.0. The third-order valence-electron chi connectivity index (χ3n) is 8.82. The Morgan fingerprint density at radius 3 is 0.820 bits per heavy atom. The number of carbonyl (C=O) groups is 9. The van der Waals surface area contributed by atoms with Crippen LogP contribution < -0.4 is 30.6 Å². The first-order valence-corrected chi connectivity index (χ1v) is 15.2. The van der Waals surface area contributed by atoms with E-state index in [9.17, 15) is 73.8 Å². The number of hydrogen-bond acceptors (Lipinski definition) is 15. The summed E-state index contributed by atoms with van der Waals surface area (Å²) in [7, 11) is 0. The van der Waals surface area contributed by atoms with Crippen molar-refractivity contribution in [3.05, 3.63) is 57.5 Å². The van der Waals surface area contributed by atoms with E-state index in [2.05, 4.69) is 6.58 Å². The summed E-state index contributed by atoms with van der Waals surface area (Å²) in [5.41, 5.74) is 0.0185. The first kappa shape index (κ1) is 42.9. The first-order valence-electron chi connectivity index (χ1n) is 15.2. The van der Waals surface area contributed by atoms with E-state index in [1.807, 2.05) is 0 Å². The third-order valence-corrected chi connectivity index (χ3v) is 8.82. The quantitative estimate of drug-likeness (QED) is 0.132. The van der Waals surface area contributed by atoms with Crippen LogP contribution in [0.2, 0.25) is 0 Å². The van der Waals surface area contributed by atoms with E-state index in [-0.39, 0.29) is 45.2 Å². The second-order valence-corrected chi connectivity index (χ2v) is 12.2. The van der Waals surface area contributed by atoms with Gasteiger partial charge < -0.3 is 35.4 Å². The maximum atomic E-state index is 11.0. The topological polar surface area (TPSA) is 292 Å². The number of rotatable bonds is 0. The van der Waals surface area contributed by atoms with Gasteiger partial charge in [0, 0.05) is 11.5 Å². The summed E-state index contributed by atoms with van der Waals surface area (Å²) in [5, 5.41) is 64.8. The van der Waals surface area contributed by atoms with Gasteiger partial charge in [-0.2, -0.15) is 0 Å². The molecule has 7 atom stereocenters. The highest BCUT2D eigenvalue weighted by atomic mass is 16.3. The van der Waals surface area contributed by atoms with E-state index in [0.29, 0.717) is 0 Å². The molecule has 5 aliphatic carbocycles. The van der Waals surface area contributed by atoms with Crippen molar-refractivity contribution in [2.45, 2.75) is 74.5 Å². The summed E-state index contributed by atoms with van der Waals surface area (Å²) in [6.07, 6.45) is -2.24. The molecule has 5 aliphatic rings. The molecule has 0 N–H and O–H groups in total. The van der Waals surface area contributed by atoms with Crippen LogP contribution in [0.1, 0.15) is 62.3 Å². The van der Waals surface area contributed by atoms with Crippen LogP contribution in [0.15, 0.2) is 57.5 Å². The van der Waals surface area contributed by atoms with Gasteiger partial charge in [0.15, 0.2) is 34.7 Å². The predicted octanol–water partition coefficient (Wildman–Crippen LogP) is -4.15. The highest BCUT2D eigenvalue weighted by molar-refractivity contribution is 6.52. The van der Waals surface area contributed by atoms with E-state index >= 15 is 0 Å². The van der Waals surface area contributed by atoms with Crippen LogP contribution in [-0.2, 0) is 43.2 Å². The molecule has 7 unspecified atom stereocenters. The Hall–Kier alpha value is -5.15. The van der Waals surface area contributed by atoms with E-state index in [0.717, 1.165) is 0 Å². The standard InChI is InChI=1S/C7H10O3.3C7H8O3.C7H6O3/c5*1-3-5(8)4(2)7(10)6(3)9/h3-6H,1-2H3;3*3,10H,1-2H3;8H,1H2,2H3/q-2;;;;/p-4. The minimum absolute atomic E-state index is 0.0185. The fourth-order valence-electron chi connectivity index (χ4n) is 4.86. The molecule has 5 rings (SSSR count). The highest BCUT2D eigenvalue weighted by Crippen LogP contribution is 2.25. The molecule has 0 aromatic heterocycles. The van der Waals surface area contributed by atoms with Gasteiger partial charge in [-0.1, -0.05) is 55.5 Å². The Bertz CT molecular complexity index is 1480. The lowest BCUT2D eigenvalue weighted by Crippen LogP contribution is -2.39. The van der Waals surface area contributed by atoms with Crippen molar-refractivity contribution in [3.8, 4) is 0 Å². The van der Waals surface area contributed by atoms with Crippen molar-refractivity contribution < 1.29 is 73.8 Å². The summed E-state index contributed by atoms with van der Waals surface area (Å²) < 4.78 is 0. The van der Waals surface area contributed by atoms with Gasteiger partial charge in [0.2, 0.25) is 11.6 Å². The molecule has 15 nitrogen and oxygen atoms in total. The number of ketones is 9. The molecule has 15 heteroatoms. The van der Waals surface area contributed by atoms with Crippen molar-refractivity contribution in [2.24, 2.45) is 29.6 Å². The SMILES string of the molecule is C=C1C(=O)C(=O)C(C)=C1[O-].CC1=C([O-])C(=O)C(C)C1=O.CC1=C([O-])C(=O)C(C)C1=O.CC1=C([O-])C(=O)C(C)C1=O.CC1C(=O)C([O-])C(C)C1[O-]. The Morgan fingerprint density at radius 2 is 0.760 bits per heavy atom. The lowest BCUT2D eigenvalue weighted by molar-refractivity contribution is -0.463. The molecule has 0 saturated heterocycles. The molecule has 0 aliphatic heterocycles. The van der Waals surface area contributed by atoms with Gasteiger partial charge in [0.1, 0.15) is 5.78 Å². The van der Waals surface area contributed by atoms with Gasteiger partial charge in [-0.05, 0) is 70.8 Å². The molecule has 0 aromatic carbocycles. The van der Waals surface area contributed by atoms with Crippen LogP contribution in [0.5, 0.6) is 0 Å². The monoisotopic (exact) mass is 696 g/mol. The lowest BCUT2D eigenvalue weighted by atomic mass is 10.0. The average Bonchev–Trinajstić information content (AvgIpc) is 3.60. The molecule has 0 bridgehead atoms. The fraction of sp³-hybridized carbons (Fsp3) is 0.457. The van der Waals surface area contributed by atoms with Crippen molar-refractivity contribution in [2.75, 3.05) is 0 Å². The predicted molar refractivity (Wildman–Crippen MR) is 158 cm³/mol. The van der Waals surface area contributed by atoms with Gasteiger partial charge in [0.25, 0.3) is 0 Å². The second-order valence-electron chi connectivity index (χ2n) is 12.2. The Balaban J connectivity index is 0.000000312. The molecule has 0 spiro atoms. The summed E-state index contributed by atoms with van der Waals surface area (Å²) in [5.74, 6) is -10.2. The van der Waals surface area contributed by atoms with Crippen LogP contribution in [0, 0.1) is 29.6 Å². The van der Waals surface area contributed by atoms with Crippen LogP contribution in [-0.4, -0.2) is 64.3 Å². The Morgan fingerprint density at radius 1 is 0.460 bits per heavy atom. The number of Topliss-reactive ketones (excluding diaryl/α,β-unsaturated/α-hetero) is 9. The summed E-state index contributed by atoms with van der Waals surface area (Å²) in [6, 6.07) is 0. The zero-order valence-corrected chi connectivity index (χ0v) is 28.9. The molecule has 272 valence electrons. The zero-order chi connectivity index (χ0) is 39.4. The number of allylic oxidation sites excluding steroid dienone is 8. The largest absolute Gasteiger partial charge is 0.872 e. The van der Waals surface area contributed by atoms with Crippen molar-refractivity contribution in [1.82, 2.24) is 0 Å². The van der Waals surface area contributed by atoms with Gasteiger partial charge in [-0.25, -0.2) is 0 Å². The Labute approximate surface area is 287 Å². The molecule has 1 saturated carbocycles. The maximum Gasteiger partial charge on any atom is 0.231 e. The van der Waals surface area contributed by atoms with E-state index < -0.39 is 99.5 Å². The summed E-state index contributed by atoms with van der Waals surface area (Å²) in [6.45, 7) is 16.2. The van der Waals surface area contributed by atoms with Crippen LogP contribution in [0.3, 0.4) is 0 Å². The van der Waals surface area contributed by atoms with Crippen LogP contribution in [0.4, 0.5) is 0 Å². The van der Waals surface area contributed by atoms with E-state index in [1.165, 1.54) is 55.4 Å². The molecule has 0 aromatic rings. The number of carbonyl (C=O) groups excluding carboxylic acids is 9. The van der Waals surface area contributed by atoms with Crippen molar-refractivity contribution >= 4 is 52.0 Å². The van der Waals surface area contributed by atoms with Crippen LogP contribution in [0.25, 0.3) is 0 Å². The van der Waals surface area contributed by atoms with Crippen molar-refractivity contribution in [1.29, 1.82) is 0 Å². The van der Waals surface area contributed by atoms with Gasteiger partial charge in [-0.15, -0.1) is 6.10 Å². The smallest absolute Gasteiger partial charge is 0.231 e. The molecule has 0 radical (unpaired) electrons. The molecule has 50 heavy (non-hydrogen) atoms. The highest BCUT2D eigenvalue weighted by Gasteiger charge is 2.33. The van der Waals surface area contributed by atoms with E-state index in [4.69, 9.17) is 0 Å². The minimum Gasteiger partial charge on any atom is -0.872 e. The van der Waals surface area contributed by atoms with Gasteiger partial charge >= 0.3 is 0 Å². The molecular weight excluding hydrogens is 660 g/mol. The molecular formula is C35H36O15-6. The van der Waals surface area contributed by atoms with Crippen LogP contribution >= 0.6 is 0 Å². The Kier molecular flexibility index (Phi) is 14.1. The second kappa shape index (κ2) is 16.5. The lowest BCUT2D eigenvalue weighted by Gasteiger charge is -2.28. The minimum atomic E-state index is -1.27.